The molecule has 0 aliphatic rings. The van der Waals surface area contributed by atoms with Gasteiger partial charge in [0, 0.05) is 41.8 Å². The number of benzene rings is 1. The molecule has 0 aromatic heterocycles. The molecule has 0 heterocycles. The fraction of sp³-hybridized carbons (Fsp3) is 0.500. The summed E-state index contributed by atoms with van der Waals surface area (Å²) in [6.07, 6.45) is 1.16. The second-order valence-electron chi connectivity index (χ2n) is 4.10. The molecular weight excluding hydrogens is 282 g/mol. The van der Waals surface area contributed by atoms with E-state index >= 15 is 0 Å². The molecule has 0 atom stereocenters. The van der Waals surface area contributed by atoms with E-state index in [4.69, 9.17) is 16.7 Å². The van der Waals surface area contributed by atoms with Gasteiger partial charge in [0.25, 0.3) is 0 Å². The fourth-order valence-electron chi connectivity index (χ4n) is 1.67. The van der Waals surface area contributed by atoms with Crippen molar-refractivity contribution < 1.29 is 9.90 Å². The van der Waals surface area contributed by atoms with E-state index in [9.17, 15) is 4.79 Å². The number of carbonyl (C=O) groups excluding carboxylic acids is 1. The van der Waals surface area contributed by atoms with Crippen LogP contribution in [0.1, 0.15) is 19.8 Å². The number of thioether (sulfide) groups is 1. The first-order valence-electron chi connectivity index (χ1n) is 6.44. The predicted molar refractivity (Wildman–Crippen MR) is 80.7 cm³/mol. The minimum atomic E-state index is 0.128. The lowest BCUT2D eigenvalue weighted by Gasteiger charge is -2.20. The van der Waals surface area contributed by atoms with E-state index in [1.807, 2.05) is 31.2 Å². The number of carbonyl (C=O) groups is 1. The second-order valence-corrected chi connectivity index (χ2v) is 5.71. The van der Waals surface area contributed by atoms with Crippen molar-refractivity contribution in [3.63, 3.8) is 0 Å². The summed E-state index contributed by atoms with van der Waals surface area (Å²) in [6, 6.07) is 7.62. The van der Waals surface area contributed by atoms with Gasteiger partial charge in [-0.25, -0.2) is 0 Å². The van der Waals surface area contributed by atoms with Crippen LogP contribution in [0.25, 0.3) is 0 Å². The summed E-state index contributed by atoms with van der Waals surface area (Å²) in [6.45, 7) is 3.42. The highest BCUT2D eigenvalue weighted by molar-refractivity contribution is 7.99. The zero-order valence-electron chi connectivity index (χ0n) is 11.1. The number of halogens is 1. The standard InChI is InChI=1S/C14H20ClNO2S/c1-2-16(9-3-10-17)14(18)8-11-19-13-6-4-12(15)5-7-13/h4-7,17H,2-3,8-11H2,1H3. The molecule has 0 saturated carbocycles. The average Bonchev–Trinajstić information content (AvgIpc) is 2.42. The molecule has 1 N–H and O–H groups in total. The van der Waals surface area contributed by atoms with Gasteiger partial charge in [-0.05, 0) is 37.6 Å². The lowest BCUT2D eigenvalue weighted by Crippen LogP contribution is -2.32. The molecule has 0 fully saturated rings. The van der Waals surface area contributed by atoms with Crippen LogP contribution >= 0.6 is 23.4 Å². The lowest BCUT2D eigenvalue weighted by atomic mass is 10.3. The van der Waals surface area contributed by atoms with E-state index < -0.39 is 0 Å². The normalized spacial score (nSPS) is 10.5. The number of hydrogen-bond acceptors (Lipinski definition) is 3. The highest BCUT2D eigenvalue weighted by atomic mass is 35.5. The Hall–Kier alpha value is -0.710. The third kappa shape index (κ3) is 6.32. The monoisotopic (exact) mass is 301 g/mol. The Morgan fingerprint density at radius 3 is 2.63 bits per heavy atom. The first-order valence-corrected chi connectivity index (χ1v) is 7.80. The summed E-state index contributed by atoms with van der Waals surface area (Å²) in [7, 11) is 0. The third-order valence-corrected chi connectivity index (χ3v) is 3.98. The first-order chi connectivity index (χ1) is 9.17. The van der Waals surface area contributed by atoms with E-state index in [2.05, 4.69) is 0 Å². The van der Waals surface area contributed by atoms with Gasteiger partial charge in [0.05, 0.1) is 0 Å². The summed E-state index contributed by atoms with van der Waals surface area (Å²) in [5.74, 6) is 0.910. The molecule has 0 spiro atoms. The minimum absolute atomic E-state index is 0.128. The lowest BCUT2D eigenvalue weighted by molar-refractivity contribution is -0.130. The molecule has 1 rings (SSSR count). The number of nitrogens with zero attached hydrogens (tertiary/aromatic N) is 1. The van der Waals surface area contributed by atoms with Crippen molar-refractivity contribution in [2.45, 2.75) is 24.7 Å². The minimum Gasteiger partial charge on any atom is -0.396 e. The molecule has 5 heteroatoms. The molecule has 3 nitrogen and oxygen atoms in total. The Morgan fingerprint density at radius 1 is 1.37 bits per heavy atom. The van der Waals surface area contributed by atoms with Crippen molar-refractivity contribution in [1.82, 2.24) is 4.90 Å². The molecule has 19 heavy (non-hydrogen) atoms. The van der Waals surface area contributed by atoms with Crippen molar-refractivity contribution >= 4 is 29.3 Å². The van der Waals surface area contributed by atoms with Crippen LogP contribution in [0.4, 0.5) is 0 Å². The first kappa shape index (κ1) is 16.3. The van der Waals surface area contributed by atoms with Gasteiger partial charge in [-0.2, -0.15) is 0 Å². The second kappa shape index (κ2) is 9.23. The smallest absolute Gasteiger partial charge is 0.223 e. The van der Waals surface area contributed by atoms with Crippen LogP contribution in [-0.2, 0) is 4.79 Å². The van der Waals surface area contributed by atoms with Crippen LogP contribution in [0.2, 0.25) is 5.02 Å². The Bertz CT molecular complexity index is 384. The molecule has 0 bridgehead atoms. The maximum atomic E-state index is 11.9. The highest BCUT2D eigenvalue weighted by Crippen LogP contribution is 2.21. The van der Waals surface area contributed by atoms with Crippen molar-refractivity contribution in [1.29, 1.82) is 0 Å². The van der Waals surface area contributed by atoms with Crippen LogP contribution in [-0.4, -0.2) is 41.4 Å². The van der Waals surface area contributed by atoms with E-state index in [1.54, 1.807) is 16.7 Å². The van der Waals surface area contributed by atoms with Gasteiger partial charge in [-0.1, -0.05) is 11.6 Å². The van der Waals surface area contributed by atoms with Crippen LogP contribution < -0.4 is 0 Å². The van der Waals surface area contributed by atoms with Crippen LogP contribution in [0.15, 0.2) is 29.2 Å². The summed E-state index contributed by atoms with van der Waals surface area (Å²) < 4.78 is 0. The molecule has 1 amide bonds. The number of amides is 1. The topological polar surface area (TPSA) is 40.5 Å². The number of rotatable bonds is 8. The zero-order valence-corrected chi connectivity index (χ0v) is 12.7. The largest absolute Gasteiger partial charge is 0.396 e. The van der Waals surface area contributed by atoms with E-state index in [0.29, 0.717) is 25.9 Å². The van der Waals surface area contributed by atoms with E-state index in [1.165, 1.54) is 0 Å². The Kier molecular flexibility index (Phi) is 7.94. The number of aliphatic hydroxyl groups is 1. The molecule has 0 aliphatic carbocycles. The van der Waals surface area contributed by atoms with Crippen LogP contribution in [0.3, 0.4) is 0 Å². The molecule has 1 aromatic carbocycles. The summed E-state index contributed by atoms with van der Waals surface area (Å²) in [5, 5.41) is 9.51. The van der Waals surface area contributed by atoms with Gasteiger partial charge in [0.15, 0.2) is 0 Å². The van der Waals surface area contributed by atoms with Crippen LogP contribution in [0.5, 0.6) is 0 Å². The molecule has 1 aromatic rings. The third-order valence-electron chi connectivity index (χ3n) is 2.72. The van der Waals surface area contributed by atoms with Crippen LogP contribution in [0, 0.1) is 0 Å². The molecule has 0 unspecified atom stereocenters. The highest BCUT2D eigenvalue weighted by Gasteiger charge is 2.10. The van der Waals surface area contributed by atoms with Crippen molar-refractivity contribution in [3.8, 4) is 0 Å². The predicted octanol–water partition coefficient (Wildman–Crippen LogP) is 3.05. The summed E-state index contributed by atoms with van der Waals surface area (Å²) >= 11 is 7.47. The summed E-state index contributed by atoms with van der Waals surface area (Å²) in [5.41, 5.74) is 0. The molecular formula is C14H20ClNO2S. The maximum absolute atomic E-state index is 11.9. The zero-order chi connectivity index (χ0) is 14.1. The fourth-order valence-corrected chi connectivity index (χ4v) is 2.63. The van der Waals surface area contributed by atoms with Crippen molar-refractivity contribution in [2.75, 3.05) is 25.4 Å². The quantitative estimate of drug-likeness (QED) is 0.750. The number of aliphatic hydroxyl groups excluding tert-OH is 1. The van der Waals surface area contributed by atoms with Gasteiger partial charge < -0.3 is 10.0 Å². The van der Waals surface area contributed by atoms with Crippen molar-refractivity contribution in [3.05, 3.63) is 29.3 Å². The maximum Gasteiger partial charge on any atom is 0.223 e. The van der Waals surface area contributed by atoms with Crippen molar-refractivity contribution in [2.24, 2.45) is 0 Å². The van der Waals surface area contributed by atoms with Gasteiger partial charge in [-0.15, -0.1) is 11.8 Å². The molecule has 106 valence electrons. The Morgan fingerprint density at radius 2 is 2.05 bits per heavy atom. The molecule has 0 saturated heterocycles. The van der Waals surface area contributed by atoms with Gasteiger partial charge in [-0.3, -0.25) is 4.79 Å². The van der Waals surface area contributed by atoms with Gasteiger partial charge >= 0.3 is 0 Å². The SMILES string of the molecule is CCN(CCCO)C(=O)CCSc1ccc(Cl)cc1. The Labute approximate surface area is 123 Å². The molecule has 0 radical (unpaired) electrons. The van der Waals surface area contributed by atoms with Gasteiger partial charge in [0.2, 0.25) is 5.91 Å². The summed E-state index contributed by atoms with van der Waals surface area (Å²) in [4.78, 5) is 14.8. The average molecular weight is 302 g/mol. The van der Waals surface area contributed by atoms with E-state index in [-0.39, 0.29) is 12.5 Å². The van der Waals surface area contributed by atoms with E-state index in [0.717, 1.165) is 15.7 Å². The number of hydrogen-bond donors (Lipinski definition) is 1. The van der Waals surface area contributed by atoms with Gasteiger partial charge in [0.1, 0.15) is 0 Å². The Balaban J connectivity index is 2.31. The molecule has 0 aliphatic heterocycles.